The molecule has 23 heavy (non-hydrogen) atoms. The largest absolute Gasteiger partial charge is 0.498 e. The van der Waals surface area contributed by atoms with Crippen LogP contribution < -0.4 is 0 Å². The third-order valence-electron chi connectivity index (χ3n) is 3.95. The molecule has 0 bridgehead atoms. The minimum absolute atomic E-state index is 0.206. The molecule has 9 heteroatoms. The topological polar surface area (TPSA) is 68.3 Å². The molecule has 4 nitrogen and oxygen atoms in total. The molecular weight excluding hydrogens is 353 g/mol. The molecule has 0 saturated carbocycles. The lowest BCUT2D eigenvalue weighted by molar-refractivity contribution is -0.0437. The summed E-state index contributed by atoms with van der Waals surface area (Å²) < 4.78 is 83.2. The molecule has 0 radical (unpaired) electrons. The molecule has 1 atom stereocenters. The van der Waals surface area contributed by atoms with E-state index in [-0.39, 0.29) is 12.8 Å². The Morgan fingerprint density at radius 2 is 1.22 bits per heavy atom. The van der Waals surface area contributed by atoms with Crippen molar-refractivity contribution in [3.05, 3.63) is 0 Å². The van der Waals surface area contributed by atoms with Gasteiger partial charge in [-0.15, -0.1) is 0 Å². The second-order valence-corrected chi connectivity index (χ2v) is 10.9. The summed E-state index contributed by atoms with van der Waals surface area (Å²) in [5.74, 6) is 0. The van der Waals surface area contributed by atoms with Gasteiger partial charge in [-0.25, -0.2) is 16.8 Å². The molecule has 0 amide bonds. The summed E-state index contributed by atoms with van der Waals surface area (Å²) in [6.45, 7) is 4.49. The molecule has 0 heterocycles. The van der Waals surface area contributed by atoms with Crippen LogP contribution >= 0.6 is 0 Å². The van der Waals surface area contributed by atoms with Gasteiger partial charge in [0.15, 0.2) is 14.4 Å². The van der Waals surface area contributed by atoms with E-state index in [1.807, 2.05) is 13.8 Å². The van der Waals surface area contributed by atoms with E-state index in [1.165, 1.54) is 0 Å². The van der Waals surface area contributed by atoms with E-state index >= 15 is 0 Å². The van der Waals surface area contributed by atoms with Gasteiger partial charge < -0.3 is 0 Å². The molecule has 0 aliphatic carbocycles. The molecule has 0 aliphatic rings. The maximum atomic E-state index is 12.6. The fraction of sp³-hybridized carbons (Fsp3) is 1.00. The van der Waals surface area contributed by atoms with E-state index in [1.54, 1.807) is 0 Å². The molecule has 1 unspecified atom stereocenters. The highest BCUT2D eigenvalue weighted by Gasteiger charge is 2.54. The van der Waals surface area contributed by atoms with Crippen molar-refractivity contribution < 1.29 is 30.0 Å². The highest BCUT2D eigenvalue weighted by atomic mass is 32.3. The lowest BCUT2D eigenvalue weighted by atomic mass is 10.1. The van der Waals surface area contributed by atoms with Crippen LogP contribution in [0.1, 0.15) is 72.1 Å². The summed E-state index contributed by atoms with van der Waals surface area (Å²) in [4.78, 5) is 0. The first kappa shape index (κ1) is 22.7. The average molecular weight is 380 g/mol. The van der Waals surface area contributed by atoms with Crippen molar-refractivity contribution in [1.29, 1.82) is 0 Å². The van der Waals surface area contributed by atoms with E-state index in [0.29, 0.717) is 19.8 Å². The first-order valence-corrected chi connectivity index (χ1v) is 11.1. The lowest BCUT2D eigenvalue weighted by Crippen LogP contribution is -2.41. The molecule has 0 aromatic carbocycles. The Bertz CT molecular complexity index is 529. The summed E-state index contributed by atoms with van der Waals surface area (Å²) in [7, 11) is -10.1. The number of unbranched alkanes of at least 4 members (excludes halogenated alkanes) is 4. The summed E-state index contributed by atoms with van der Waals surface area (Å²) in [6.07, 6.45) is 4.75. The van der Waals surface area contributed by atoms with Crippen LogP contribution in [0.3, 0.4) is 0 Å². The van der Waals surface area contributed by atoms with Crippen LogP contribution in [0.2, 0.25) is 0 Å². The fourth-order valence-electron chi connectivity index (χ4n) is 2.35. The molecular formula is C14H27F3O4S2. The van der Waals surface area contributed by atoms with Crippen LogP contribution in [0.5, 0.6) is 0 Å². The highest BCUT2D eigenvalue weighted by molar-refractivity contribution is 8.09. The Labute approximate surface area is 137 Å². The van der Waals surface area contributed by atoms with Crippen LogP contribution in [0.25, 0.3) is 0 Å². The zero-order valence-corrected chi connectivity index (χ0v) is 15.5. The monoisotopic (exact) mass is 380 g/mol. The Morgan fingerprint density at radius 1 is 0.826 bits per heavy atom. The van der Waals surface area contributed by atoms with Crippen molar-refractivity contribution in [2.75, 3.05) is 0 Å². The second-order valence-electron chi connectivity index (χ2n) is 5.76. The van der Waals surface area contributed by atoms with E-state index in [4.69, 9.17) is 0 Å². The number of hydrogen-bond acceptors (Lipinski definition) is 4. The third kappa shape index (κ3) is 6.25. The number of rotatable bonds is 11. The van der Waals surface area contributed by atoms with Gasteiger partial charge in [-0.1, -0.05) is 52.4 Å². The smallest absolute Gasteiger partial charge is 0.227 e. The Kier molecular flexibility index (Phi) is 9.12. The zero-order chi connectivity index (χ0) is 18.3. The maximum absolute atomic E-state index is 12.6. The molecule has 0 rings (SSSR count). The summed E-state index contributed by atoms with van der Waals surface area (Å²) in [6, 6.07) is 0. The van der Waals surface area contributed by atoms with Gasteiger partial charge in [-0.2, -0.15) is 13.2 Å². The predicted octanol–water partition coefficient (Wildman–Crippen LogP) is 4.21. The van der Waals surface area contributed by atoms with Gasteiger partial charge in [0.05, 0.1) is 5.25 Å². The highest BCUT2D eigenvalue weighted by Crippen LogP contribution is 2.33. The standard InChI is InChI=1S/C14H27F3O4S2/c1-4-6-8-10-13(11-9-7-5-2)22(18,19)12(3)23(20,21)14(15,16)17/h12-13H,4-11H2,1-3H3. The fourth-order valence-corrected chi connectivity index (χ4v) is 6.47. The first-order valence-electron chi connectivity index (χ1n) is 7.95. The molecule has 0 spiro atoms. The van der Waals surface area contributed by atoms with Crippen molar-refractivity contribution >= 4 is 19.7 Å². The molecule has 0 aliphatic heterocycles. The van der Waals surface area contributed by atoms with Gasteiger partial charge >= 0.3 is 5.51 Å². The molecule has 0 N–H and O–H groups in total. The first-order chi connectivity index (χ1) is 10.4. The van der Waals surface area contributed by atoms with Gasteiger partial charge in [0, 0.05) is 0 Å². The van der Waals surface area contributed by atoms with Crippen molar-refractivity contribution in [3.8, 4) is 0 Å². The summed E-state index contributed by atoms with van der Waals surface area (Å²) in [5.41, 5.74) is -5.56. The predicted molar refractivity (Wildman–Crippen MR) is 85.4 cm³/mol. The van der Waals surface area contributed by atoms with Gasteiger partial charge in [-0.3, -0.25) is 0 Å². The van der Waals surface area contributed by atoms with E-state index in [2.05, 4.69) is 0 Å². The van der Waals surface area contributed by atoms with Crippen LogP contribution in [0.4, 0.5) is 13.2 Å². The molecule has 0 fully saturated rings. The average Bonchev–Trinajstić information content (AvgIpc) is 2.43. The van der Waals surface area contributed by atoms with E-state index in [9.17, 15) is 30.0 Å². The molecule has 0 aromatic rings. The normalized spacial score (nSPS) is 15.1. The van der Waals surface area contributed by atoms with Crippen LogP contribution in [0, 0.1) is 0 Å². The van der Waals surface area contributed by atoms with Crippen molar-refractivity contribution in [2.45, 2.75) is 87.5 Å². The second kappa shape index (κ2) is 9.25. The van der Waals surface area contributed by atoms with Crippen LogP contribution in [0.15, 0.2) is 0 Å². The number of sulfone groups is 2. The molecule has 0 saturated heterocycles. The minimum Gasteiger partial charge on any atom is -0.227 e. The van der Waals surface area contributed by atoms with E-state index in [0.717, 1.165) is 25.7 Å². The number of halogens is 3. The van der Waals surface area contributed by atoms with E-state index < -0.39 is 35.0 Å². The zero-order valence-electron chi connectivity index (χ0n) is 13.9. The Morgan fingerprint density at radius 3 is 1.52 bits per heavy atom. The quantitative estimate of drug-likeness (QED) is 0.504. The Balaban J connectivity index is 5.38. The molecule has 0 aromatic heterocycles. The van der Waals surface area contributed by atoms with Gasteiger partial charge in [0.1, 0.15) is 0 Å². The van der Waals surface area contributed by atoms with Gasteiger partial charge in [0.2, 0.25) is 0 Å². The summed E-state index contributed by atoms with van der Waals surface area (Å²) in [5, 5.41) is -1.03. The lowest BCUT2D eigenvalue weighted by Gasteiger charge is -2.23. The number of alkyl halides is 3. The Hall–Kier alpha value is -0.310. The molecule has 140 valence electrons. The van der Waals surface area contributed by atoms with Crippen molar-refractivity contribution in [3.63, 3.8) is 0 Å². The summed E-state index contributed by atoms with van der Waals surface area (Å²) >= 11 is 0. The van der Waals surface area contributed by atoms with Crippen molar-refractivity contribution in [2.24, 2.45) is 0 Å². The van der Waals surface area contributed by atoms with Crippen molar-refractivity contribution in [1.82, 2.24) is 0 Å². The maximum Gasteiger partial charge on any atom is 0.498 e. The van der Waals surface area contributed by atoms with Gasteiger partial charge in [-0.05, 0) is 19.8 Å². The minimum atomic E-state index is -5.73. The van der Waals surface area contributed by atoms with Crippen LogP contribution in [-0.4, -0.2) is 32.2 Å². The van der Waals surface area contributed by atoms with Crippen LogP contribution in [-0.2, 0) is 19.7 Å². The third-order valence-corrected chi connectivity index (χ3v) is 9.36. The number of hydrogen-bond donors (Lipinski definition) is 0. The SMILES string of the molecule is CCCCCC(CCCCC)S(=O)(=O)C(C)S(=O)(=O)C(F)(F)F. The van der Waals surface area contributed by atoms with Gasteiger partial charge in [0.25, 0.3) is 9.84 Å².